The molecular weight excluding hydrogens is 464 g/mol. The first-order chi connectivity index (χ1) is 18.1. The van der Waals surface area contributed by atoms with Gasteiger partial charge in [0.05, 0.1) is 12.3 Å². The molecule has 7 nitrogen and oxygen atoms in total. The SMILES string of the molecule is O=C1NCCN(C(=O)C(c2ccccc2)c2ccccc2)[C@@H]1CC(=O)N1CCN(c2ccccc2)CC1. The molecule has 0 spiro atoms. The summed E-state index contributed by atoms with van der Waals surface area (Å²) in [6, 6.07) is 28.6. The summed E-state index contributed by atoms with van der Waals surface area (Å²) in [5.41, 5.74) is 2.88. The maximum atomic E-state index is 14.0. The highest BCUT2D eigenvalue weighted by Gasteiger charge is 2.39. The molecule has 0 saturated carbocycles. The van der Waals surface area contributed by atoms with Gasteiger partial charge in [0.2, 0.25) is 17.7 Å². The number of hydrogen-bond acceptors (Lipinski definition) is 4. The number of nitrogens with one attached hydrogen (secondary N) is 1. The quantitative estimate of drug-likeness (QED) is 0.570. The Balaban J connectivity index is 1.31. The van der Waals surface area contributed by atoms with Gasteiger partial charge in [-0.3, -0.25) is 14.4 Å². The fourth-order valence-corrected chi connectivity index (χ4v) is 5.26. The molecule has 0 aliphatic carbocycles. The third-order valence-corrected chi connectivity index (χ3v) is 7.25. The average molecular weight is 497 g/mol. The summed E-state index contributed by atoms with van der Waals surface area (Å²) in [7, 11) is 0. The van der Waals surface area contributed by atoms with E-state index < -0.39 is 12.0 Å². The van der Waals surface area contributed by atoms with Gasteiger partial charge in [-0.2, -0.15) is 0 Å². The van der Waals surface area contributed by atoms with E-state index in [9.17, 15) is 14.4 Å². The number of hydrogen-bond donors (Lipinski definition) is 1. The minimum Gasteiger partial charge on any atom is -0.368 e. The van der Waals surface area contributed by atoms with Gasteiger partial charge in [-0.1, -0.05) is 78.9 Å². The Morgan fingerprint density at radius 2 is 1.30 bits per heavy atom. The lowest BCUT2D eigenvalue weighted by Crippen LogP contribution is -2.60. The van der Waals surface area contributed by atoms with Gasteiger partial charge in [-0.15, -0.1) is 0 Å². The van der Waals surface area contributed by atoms with E-state index in [4.69, 9.17) is 0 Å². The van der Waals surface area contributed by atoms with Gasteiger partial charge in [-0.05, 0) is 23.3 Å². The Hall–Kier alpha value is -4.13. The molecule has 5 rings (SSSR count). The molecule has 0 radical (unpaired) electrons. The van der Waals surface area contributed by atoms with Crippen LogP contribution in [0.4, 0.5) is 5.69 Å². The topological polar surface area (TPSA) is 73.0 Å². The van der Waals surface area contributed by atoms with E-state index in [0.717, 1.165) is 29.9 Å². The predicted molar refractivity (Wildman–Crippen MR) is 143 cm³/mol. The van der Waals surface area contributed by atoms with Gasteiger partial charge < -0.3 is 20.0 Å². The first-order valence-electron chi connectivity index (χ1n) is 12.9. The van der Waals surface area contributed by atoms with Crippen LogP contribution in [0.15, 0.2) is 91.0 Å². The number of anilines is 1. The Bertz CT molecular complexity index is 1170. The number of amides is 3. The standard InChI is InChI=1S/C30H32N4O3/c35-27(33-20-18-32(19-21-33)25-14-8-3-9-15-25)22-26-29(36)31-16-17-34(26)30(37)28(23-10-4-1-5-11-23)24-12-6-2-7-13-24/h1-15,26,28H,16-22H2,(H,31,36)/t26-/m1/s1. The second kappa shape index (κ2) is 11.3. The smallest absolute Gasteiger partial charge is 0.243 e. The maximum absolute atomic E-state index is 14.0. The van der Waals surface area contributed by atoms with E-state index in [1.165, 1.54) is 0 Å². The Kier molecular flexibility index (Phi) is 7.49. The van der Waals surface area contributed by atoms with Gasteiger partial charge in [0.1, 0.15) is 6.04 Å². The molecule has 190 valence electrons. The van der Waals surface area contributed by atoms with E-state index in [1.54, 1.807) is 4.90 Å². The van der Waals surface area contributed by atoms with Crippen molar-refractivity contribution in [2.75, 3.05) is 44.2 Å². The number of carbonyl (C=O) groups is 3. The maximum Gasteiger partial charge on any atom is 0.243 e. The highest BCUT2D eigenvalue weighted by molar-refractivity contribution is 5.96. The molecule has 1 N–H and O–H groups in total. The first kappa shape index (κ1) is 24.6. The highest BCUT2D eigenvalue weighted by atomic mass is 16.2. The second-order valence-electron chi connectivity index (χ2n) is 9.50. The van der Waals surface area contributed by atoms with Crippen LogP contribution in [0, 0.1) is 0 Å². The summed E-state index contributed by atoms with van der Waals surface area (Å²) >= 11 is 0. The van der Waals surface area contributed by atoms with Gasteiger partial charge in [0.15, 0.2) is 0 Å². The van der Waals surface area contributed by atoms with Crippen LogP contribution in [0.1, 0.15) is 23.5 Å². The molecule has 3 amide bonds. The zero-order chi connectivity index (χ0) is 25.6. The Morgan fingerprint density at radius 3 is 1.86 bits per heavy atom. The van der Waals surface area contributed by atoms with Crippen molar-refractivity contribution in [3.8, 4) is 0 Å². The van der Waals surface area contributed by atoms with Crippen LogP contribution in [0.3, 0.4) is 0 Å². The summed E-state index contributed by atoms with van der Waals surface area (Å²) < 4.78 is 0. The average Bonchev–Trinajstić information content (AvgIpc) is 2.96. The summed E-state index contributed by atoms with van der Waals surface area (Å²) in [6.45, 7) is 3.40. The molecule has 7 heteroatoms. The van der Waals surface area contributed by atoms with Gasteiger partial charge in [0.25, 0.3) is 0 Å². The van der Waals surface area contributed by atoms with Crippen LogP contribution in [0.5, 0.6) is 0 Å². The van der Waals surface area contributed by atoms with Crippen molar-refractivity contribution in [1.29, 1.82) is 0 Å². The molecule has 0 unspecified atom stereocenters. The molecule has 2 saturated heterocycles. The van der Waals surface area contributed by atoms with Crippen LogP contribution >= 0.6 is 0 Å². The number of nitrogens with zero attached hydrogens (tertiary/aromatic N) is 3. The lowest BCUT2D eigenvalue weighted by Gasteiger charge is -2.39. The monoisotopic (exact) mass is 496 g/mol. The molecule has 2 aliphatic rings. The first-order valence-corrected chi connectivity index (χ1v) is 12.9. The highest BCUT2D eigenvalue weighted by Crippen LogP contribution is 2.29. The van der Waals surface area contributed by atoms with Gasteiger partial charge in [0, 0.05) is 45.0 Å². The van der Waals surface area contributed by atoms with Gasteiger partial charge >= 0.3 is 0 Å². The molecule has 3 aromatic rings. The molecule has 1 atom stereocenters. The Morgan fingerprint density at radius 1 is 0.757 bits per heavy atom. The van der Waals surface area contributed by atoms with E-state index in [-0.39, 0.29) is 24.1 Å². The van der Waals surface area contributed by atoms with Crippen molar-refractivity contribution in [3.63, 3.8) is 0 Å². The van der Waals surface area contributed by atoms with E-state index in [2.05, 4.69) is 22.3 Å². The molecule has 2 fully saturated rings. The van der Waals surface area contributed by atoms with Crippen molar-refractivity contribution in [2.45, 2.75) is 18.4 Å². The van der Waals surface area contributed by atoms with E-state index in [1.807, 2.05) is 83.8 Å². The van der Waals surface area contributed by atoms with Crippen molar-refractivity contribution < 1.29 is 14.4 Å². The van der Waals surface area contributed by atoms with Crippen molar-refractivity contribution in [1.82, 2.24) is 15.1 Å². The lowest BCUT2D eigenvalue weighted by molar-refractivity contribution is -0.147. The number of carbonyl (C=O) groups excluding carboxylic acids is 3. The van der Waals surface area contributed by atoms with Gasteiger partial charge in [-0.25, -0.2) is 0 Å². The second-order valence-corrected chi connectivity index (χ2v) is 9.50. The minimum atomic E-state index is -0.823. The van der Waals surface area contributed by atoms with Crippen molar-refractivity contribution >= 4 is 23.4 Å². The van der Waals surface area contributed by atoms with Crippen LogP contribution in [0.2, 0.25) is 0 Å². The summed E-state index contributed by atoms with van der Waals surface area (Å²) in [4.78, 5) is 46.0. The number of rotatable bonds is 6. The predicted octanol–water partition coefficient (Wildman–Crippen LogP) is 2.88. The fraction of sp³-hybridized carbons (Fsp3) is 0.300. The number of piperazine rings is 2. The summed E-state index contributed by atoms with van der Waals surface area (Å²) in [5.74, 6) is -1.06. The zero-order valence-electron chi connectivity index (χ0n) is 20.8. The third-order valence-electron chi connectivity index (χ3n) is 7.25. The van der Waals surface area contributed by atoms with Crippen LogP contribution in [-0.2, 0) is 14.4 Å². The molecule has 2 heterocycles. The molecular formula is C30H32N4O3. The van der Waals surface area contributed by atoms with Crippen LogP contribution < -0.4 is 10.2 Å². The molecule has 0 aromatic heterocycles. The fourth-order valence-electron chi connectivity index (χ4n) is 5.26. The van der Waals surface area contributed by atoms with E-state index >= 15 is 0 Å². The lowest BCUT2D eigenvalue weighted by atomic mass is 9.89. The normalized spacial score (nSPS) is 18.0. The molecule has 3 aromatic carbocycles. The van der Waals surface area contributed by atoms with E-state index in [0.29, 0.717) is 26.2 Å². The van der Waals surface area contributed by atoms with Crippen LogP contribution in [-0.4, -0.2) is 72.8 Å². The largest absolute Gasteiger partial charge is 0.368 e. The minimum absolute atomic E-state index is 0.0147. The summed E-state index contributed by atoms with van der Waals surface area (Å²) in [5, 5.41) is 2.86. The Labute approximate surface area is 217 Å². The molecule has 37 heavy (non-hydrogen) atoms. The van der Waals surface area contributed by atoms with Crippen molar-refractivity contribution in [2.24, 2.45) is 0 Å². The molecule has 2 aliphatic heterocycles. The molecule has 0 bridgehead atoms. The van der Waals surface area contributed by atoms with Crippen LogP contribution in [0.25, 0.3) is 0 Å². The number of para-hydroxylation sites is 1. The summed E-state index contributed by atoms with van der Waals surface area (Å²) in [6.07, 6.45) is -0.0147. The number of benzene rings is 3. The third kappa shape index (κ3) is 5.50. The zero-order valence-corrected chi connectivity index (χ0v) is 20.8. The van der Waals surface area contributed by atoms with Crippen molar-refractivity contribution in [3.05, 3.63) is 102 Å².